The molecule has 0 aliphatic heterocycles. The number of nitrogens with zero attached hydrogens (tertiary/aromatic N) is 1. The van der Waals surface area contributed by atoms with Gasteiger partial charge in [0.2, 0.25) is 0 Å². The summed E-state index contributed by atoms with van der Waals surface area (Å²) in [6.07, 6.45) is 4.78. The van der Waals surface area contributed by atoms with Crippen molar-refractivity contribution >= 4 is 0 Å². The topological polar surface area (TPSA) is 48.1 Å². The van der Waals surface area contributed by atoms with Crippen LogP contribution in [-0.4, -0.2) is 17.1 Å². The smallest absolute Gasteiger partial charge is 0.0891 e. The molecule has 3 nitrogen and oxygen atoms in total. The van der Waals surface area contributed by atoms with Gasteiger partial charge in [0.25, 0.3) is 0 Å². The van der Waals surface area contributed by atoms with Crippen LogP contribution in [0.3, 0.4) is 0 Å². The number of ether oxygens (including phenoxy) is 1. The second-order valence-electron chi connectivity index (χ2n) is 4.63. The summed E-state index contributed by atoms with van der Waals surface area (Å²) in [5.41, 5.74) is 7.98. The fourth-order valence-corrected chi connectivity index (χ4v) is 2.22. The third-order valence-corrected chi connectivity index (χ3v) is 3.08. The molecule has 0 radical (unpaired) electrons. The van der Waals surface area contributed by atoms with E-state index < -0.39 is 0 Å². The number of hydrogen-bond donors (Lipinski definition) is 1. The van der Waals surface area contributed by atoms with Crippen molar-refractivity contribution in [2.24, 2.45) is 5.73 Å². The second-order valence-corrected chi connectivity index (χ2v) is 4.63. The van der Waals surface area contributed by atoms with Crippen molar-refractivity contribution in [1.29, 1.82) is 0 Å². The van der Waals surface area contributed by atoms with E-state index in [4.69, 9.17) is 10.5 Å². The normalized spacial score (nSPS) is 25.6. The summed E-state index contributed by atoms with van der Waals surface area (Å²) in [4.78, 5) is 4.42. The predicted molar refractivity (Wildman–Crippen MR) is 64.0 cm³/mol. The zero-order valence-corrected chi connectivity index (χ0v) is 9.86. The van der Waals surface area contributed by atoms with Crippen LogP contribution in [0.4, 0.5) is 0 Å². The zero-order chi connectivity index (χ0) is 11.4. The molecule has 0 bridgehead atoms. The Labute approximate surface area is 97.0 Å². The van der Waals surface area contributed by atoms with Crippen LogP contribution in [0.1, 0.15) is 37.1 Å². The maximum Gasteiger partial charge on any atom is 0.0891 e. The molecule has 88 valence electrons. The quantitative estimate of drug-likeness (QED) is 0.849. The summed E-state index contributed by atoms with van der Waals surface area (Å²) in [5, 5.41) is 0. The second kappa shape index (κ2) is 5.41. The van der Waals surface area contributed by atoms with E-state index in [0.29, 0.717) is 18.8 Å². The first-order chi connectivity index (χ1) is 7.74. The average Bonchev–Trinajstić information content (AvgIpc) is 2.27. The molecule has 3 heteroatoms. The van der Waals surface area contributed by atoms with E-state index in [2.05, 4.69) is 4.98 Å². The molecule has 1 aromatic rings. The first kappa shape index (κ1) is 11.6. The van der Waals surface area contributed by atoms with Gasteiger partial charge in [0, 0.05) is 11.7 Å². The Morgan fingerprint density at radius 3 is 3.06 bits per heavy atom. The molecule has 0 saturated heterocycles. The molecule has 2 N–H and O–H groups in total. The highest BCUT2D eigenvalue weighted by molar-refractivity contribution is 5.08. The Kier molecular flexibility index (Phi) is 3.91. The highest BCUT2D eigenvalue weighted by Gasteiger charge is 2.19. The fourth-order valence-electron chi connectivity index (χ4n) is 2.22. The Hall–Kier alpha value is -0.930. The number of hydrogen-bond acceptors (Lipinski definition) is 3. The minimum absolute atomic E-state index is 0.323. The average molecular weight is 220 g/mol. The van der Waals surface area contributed by atoms with Crippen molar-refractivity contribution in [2.75, 3.05) is 0 Å². The van der Waals surface area contributed by atoms with Crippen LogP contribution in [0.25, 0.3) is 0 Å². The van der Waals surface area contributed by atoms with Crippen LogP contribution in [0, 0.1) is 6.92 Å². The lowest BCUT2D eigenvalue weighted by Crippen LogP contribution is -2.32. The molecule has 1 aromatic heterocycles. The van der Waals surface area contributed by atoms with Crippen LogP contribution in [0.5, 0.6) is 0 Å². The zero-order valence-electron chi connectivity index (χ0n) is 9.86. The summed E-state index contributed by atoms with van der Waals surface area (Å²) in [7, 11) is 0. The third kappa shape index (κ3) is 3.29. The van der Waals surface area contributed by atoms with E-state index in [9.17, 15) is 0 Å². The Bertz CT molecular complexity index is 340. The van der Waals surface area contributed by atoms with Crippen molar-refractivity contribution in [1.82, 2.24) is 4.98 Å². The molecule has 2 atom stereocenters. The Morgan fingerprint density at radius 1 is 1.44 bits per heavy atom. The van der Waals surface area contributed by atoms with Gasteiger partial charge in [-0.05, 0) is 44.7 Å². The number of nitrogens with two attached hydrogens (primary N) is 1. The molecule has 16 heavy (non-hydrogen) atoms. The van der Waals surface area contributed by atoms with Crippen molar-refractivity contribution in [3.63, 3.8) is 0 Å². The monoisotopic (exact) mass is 220 g/mol. The molecule has 0 amide bonds. The number of pyridine rings is 1. The largest absolute Gasteiger partial charge is 0.372 e. The van der Waals surface area contributed by atoms with Gasteiger partial charge < -0.3 is 10.5 Å². The van der Waals surface area contributed by atoms with Gasteiger partial charge in [0.1, 0.15) is 0 Å². The van der Waals surface area contributed by atoms with Crippen molar-refractivity contribution < 1.29 is 4.74 Å². The van der Waals surface area contributed by atoms with Gasteiger partial charge in [0.05, 0.1) is 18.4 Å². The highest BCUT2D eigenvalue weighted by Crippen LogP contribution is 2.20. The minimum atomic E-state index is 0.323. The Balaban J connectivity index is 1.82. The van der Waals surface area contributed by atoms with E-state index in [1.807, 2.05) is 25.1 Å². The van der Waals surface area contributed by atoms with E-state index in [0.717, 1.165) is 30.7 Å². The van der Waals surface area contributed by atoms with E-state index in [-0.39, 0.29) is 0 Å². The third-order valence-electron chi connectivity index (χ3n) is 3.08. The SMILES string of the molecule is Cc1cccc(COC2CCCC(N)C2)n1. The highest BCUT2D eigenvalue weighted by atomic mass is 16.5. The fraction of sp³-hybridized carbons (Fsp3) is 0.615. The van der Waals surface area contributed by atoms with E-state index >= 15 is 0 Å². The minimum Gasteiger partial charge on any atom is -0.372 e. The number of aryl methyl sites for hydroxylation is 1. The van der Waals surface area contributed by atoms with E-state index in [1.54, 1.807) is 0 Å². The van der Waals surface area contributed by atoms with Gasteiger partial charge in [-0.25, -0.2) is 0 Å². The molecule has 1 fully saturated rings. The molecule has 0 aromatic carbocycles. The van der Waals surface area contributed by atoms with E-state index in [1.165, 1.54) is 6.42 Å². The van der Waals surface area contributed by atoms with Gasteiger partial charge in [-0.2, -0.15) is 0 Å². The van der Waals surface area contributed by atoms with Crippen LogP contribution >= 0.6 is 0 Å². The van der Waals surface area contributed by atoms with Crippen LogP contribution in [-0.2, 0) is 11.3 Å². The molecular formula is C13H20N2O. The molecule has 1 heterocycles. The van der Waals surface area contributed by atoms with Crippen LogP contribution < -0.4 is 5.73 Å². The van der Waals surface area contributed by atoms with Crippen molar-refractivity contribution in [3.05, 3.63) is 29.6 Å². The van der Waals surface area contributed by atoms with Crippen LogP contribution in [0.15, 0.2) is 18.2 Å². The summed E-state index contributed by atoms with van der Waals surface area (Å²) in [5.74, 6) is 0. The predicted octanol–water partition coefficient (Wildman–Crippen LogP) is 2.18. The Morgan fingerprint density at radius 2 is 2.31 bits per heavy atom. The van der Waals surface area contributed by atoms with Gasteiger partial charge in [-0.15, -0.1) is 0 Å². The molecular weight excluding hydrogens is 200 g/mol. The molecule has 1 aliphatic carbocycles. The summed E-state index contributed by atoms with van der Waals surface area (Å²) in [6, 6.07) is 6.35. The van der Waals surface area contributed by atoms with Crippen molar-refractivity contribution in [2.45, 2.75) is 51.4 Å². The lowest BCUT2D eigenvalue weighted by atomic mass is 9.93. The van der Waals surface area contributed by atoms with Gasteiger partial charge in [0.15, 0.2) is 0 Å². The van der Waals surface area contributed by atoms with Gasteiger partial charge in [-0.3, -0.25) is 4.98 Å². The molecule has 2 unspecified atom stereocenters. The van der Waals surface area contributed by atoms with Gasteiger partial charge in [-0.1, -0.05) is 6.07 Å². The van der Waals surface area contributed by atoms with Crippen molar-refractivity contribution in [3.8, 4) is 0 Å². The molecule has 2 rings (SSSR count). The first-order valence-electron chi connectivity index (χ1n) is 6.04. The van der Waals surface area contributed by atoms with Crippen LogP contribution in [0.2, 0.25) is 0 Å². The lowest BCUT2D eigenvalue weighted by Gasteiger charge is -2.26. The molecule has 1 aliphatic rings. The standard InChI is InChI=1S/C13H20N2O/c1-10-4-2-6-12(15-10)9-16-13-7-3-5-11(14)8-13/h2,4,6,11,13H,3,5,7-9,14H2,1H3. The number of rotatable bonds is 3. The maximum absolute atomic E-state index is 5.92. The first-order valence-corrected chi connectivity index (χ1v) is 6.04. The summed E-state index contributed by atoms with van der Waals surface area (Å²) in [6.45, 7) is 2.61. The summed E-state index contributed by atoms with van der Waals surface area (Å²) >= 11 is 0. The maximum atomic E-state index is 5.92. The molecule has 0 spiro atoms. The molecule has 1 saturated carbocycles. The summed E-state index contributed by atoms with van der Waals surface area (Å²) < 4.78 is 5.85. The van der Waals surface area contributed by atoms with Gasteiger partial charge >= 0.3 is 0 Å². The lowest BCUT2D eigenvalue weighted by molar-refractivity contribution is 0.0107. The number of aromatic nitrogens is 1.